The molecule has 1 aliphatic heterocycles. The summed E-state index contributed by atoms with van der Waals surface area (Å²) in [5, 5.41) is 11.1. The fraction of sp³-hybridized carbons (Fsp3) is 0.700. The Balaban J connectivity index is 2.32. The Kier molecular flexibility index (Phi) is 4.89. The first-order valence-electron chi connectivity index (χ1n) is 5.44. The lowest BCUT2D eigenvalue weighted by Crippen LogP contribution is -2.42. The third-order valence-electron chi connectivity index (χ3n) is 2.43. The highest BCUT2D eigenvalue weighted by molar-refractivity contribution is 6.32. The van der Waals surface area contributed by atoms with Crippen molar-refractivity contribution in [2.45, 2.75) is 19.4 Å². The minimum atomic E-state index is -0.901. The second-order valence-electron chi connectivity index (χ2n) is 3.81. The molecule has 7 nitrogen and oxygen atoms in total. The minimum absolute atomic E-state index is 0.0498. The van der Waals surface area contributed by atoms with Gasteiger partial charge < -0.3 is 15.2 Å². The van der Waals surface area contributed by atoms with Crippen molar-refractivity contribution in [1.82, 2.24) is 10.2 Å². The van der Waals surface area contributed by atoms with Crippen LogP contribution in [0.2, 0.25) is 0 Å². The van der Waals surface area contributed by atoms with Gasteiger partial charge >= 0.3 is 17.8 Å². The summed E-state index contributed by atoms with van der Waals surface area (Å²) >= 11 is 0. The second kappa shape index (κ2) is 6.19. The van der Waals surface area contributed by atoms with Gasteiger partial charge in [-0.1, -0.05) is 0 Å². The Labute approximate surface area is 98.7 Å². The van der Waals surface area contributed by atoms with Crippen LogP contribution in [0.3, 0.4) is 0 Å². The van der Waals surface area contributed by atoms with E-state index in [2.05, 4.69) is 10.1 Å². The van der Waals surface area contributed by atoms with Crippen LogP contribution in [0.1, 0.15) is 13.3 Å². The number of amides is 1. The topological polar surface area (TPSA) is 95.9 Å². The van der Waals surface area contributed by atoms with Crippen molar-refractivity contribution in [2.75, 3.05) is 26.2 Å². The molecule has 0 aliphatic carbocycles. The summed E-state index contributed by atoms with van der Waals surface area (Å²) in [4.78, 5) is 34.5. The first kappa shape index (κ1) is 13.4. The third-order valence-corrected chi connectivity index (χ3v) is 2.43. The Morgan fingerprint density at radius 2 is 2.18 bits per heavy atom. The molecule has 17 heavy (non-hydrogen) atoms. The molecule has 0 spiro atoms. The largest absolute Gasteiger partial charge is 0.480 e. The average molecular weight is 244 g/mol. The Hall–Kier alpha value is -1.63. The molecule has 0 aromatic carbocycles. The van der Waals surface area contributed by atoms with Crippen LogP contribution in [0.15, 0.2) is 0 Å². The number of ether oxygens (including phenoxy) is 1. The van der Waals surface area contributed by atoms with Crippen LogP contribution in [-0.2, 0) is 19.1 Å². The second-order valence-corrected chi connectivity index (χ2v) is 3.81. The minimum Gasteiger partial charge on any atom is -0.480 e. The third kappa shape index (κ3) is 4.39. The maximum absolute atomic E-state index is 11.3. The van der Waals surface area contributed by atoms with Crippen LogP contribution < -0.4 is 5.32 Å². The first-order valence-corrected chi connectivity index (χ1v) is 5.44. The molecule has 0 radical (unpaired) electrons. The molecule has 0 saturated carbocycles. The summed E-state index contributed by atoms with van der Waals surface area (Å²) in [5.74, 6) is -2.57. The van der Waals surface area contributed by atoms with E-state index in [0.717, 1.165) is 0 Å². The lowest BCUT2D eigenvalue weighted by atomic mass is 10.2. The number of carboxylic acids is 1. The lowest BCUT2D eigenvalue weighted by Gasteiger charge is -2.13. The quantitative estimate of drug-likeness (QED) is 0.477. The van der Waals surface area contributed by atoms with E-state index in [4.69, 9.17) is 5.11 Å². The van der Waals surface area contributed by atoms with Gasteiger partial charge in [0.2, 0.25) is 0 Å². The number of rotatable bonds is 4. The van der Waals surface area contributed by atoms with Crippen molar-refractivity contribution in [2.24, 2.45) is 0 Å². The van der Waals surface area contributed by atoms with Crippen LogP contribution >= 0.6 is 0 Å². The Morgan fingerprint density at radius 1 is 1.47 bits per heavy atom. The van der Waals surface area contributed by atoms with Gasteiger partial charge in [-0.3, -0.25) is 14.5 Å². The van der Waals surface area contributed by atoms with E-state index in [-0.39, 0.29) is 19.2 Å². The van der Waals surface area contributed by atoms with Gasteiger partial charge in [-0.2, -0.15) is 0 Å². The van der Waals surface area contributed by atoms with Crippen LogP contribution in [0.5, 0.6) is 0 Å². The van der Waals surface area contributed by atoms with E-state index in [1.807, 2.05) is 0 Å². The van der Waals surface area contributed by atoms with Crippen molar-refractivity contribution in [3.05, 3.63) is 0 Å². The normalized spacial score (nSPS) is 19.9. The highest BCUT2D eigenvalue weighted by Gasteiger charge is 2.27. The molecule has 1 atom stereocenters. The molecule has 1 saturated heterocycles. The van der Waals surface area contributed by atoms with Crippen molar-refractivity contribution in [1.29, 1.82) is 0 Å². The van der Waals surface area contributed by atoms with E-state index in [1.54, 1.807) is 11.8 Å². The number of hydrogen-bond donors (Lipinski definition) is 2. The summed E-state index contributed by atoms with van der Waals surface area (Å²) < 4.78 is 4.55. The van der Waals surface area contributed by atoms with Gasteiger partial charge in [-0.25, -0.2) is 4.79 Å². The number of nitrogens with one attached hydrogen (secondary N) is 1. The Morgan fingerprint density at radius 3 is 2.76 bits per heavy atom. The summed E-state index contributed by atoms with van der Waals surface area (Å²) in [6.45, 7) is 2.76. The van der Waals surface area contributed by atoms with Gasteiger partial charge in [0.25, 0.3) is 0 Å². The molecule has 0 aromatic rings. The Bertz CT molecular complexity index is 318. The van der Waals surface area contributed by atoms with E-state index >= 15 is 0 Å². The highest BCUT2D eigenvalue weighted by Crippen LogP contribution is 2.08. The maximum Gasteiger partial charge on any atom is 0.396 e. The molecular weight excluding hydrogens is 228 g/mol. The van der Waals surface area contributed by atoms with Crippen molar-refractivity contribution in [3.63, 3.8) is 0 Å². The fourth-order valence-electron chi connectivity index (χ4n) is 1.73. The molecule has 1 aliphatic rings. The SMILES string of the molecule is CCOC(=O)C(=O)N[C@@H]1CCN(CC(=O)O)C1. The number of carboxylic acid groups (broad SMARTS) is 1. The first-order chi connectivity index (χ1) is 8.02. The van der Waals surface area contributed by atoms with Gasteiger partial charge in [0.1, 0.15) is 0 Å². The molecular formula is C10H16N2O5. The number of hydrogen-bond acceptors (Lipinski definition) is 5. The molecule has 96 valence electrons. The molecule has 7 heteroatoms. The smallest absolute Gasteiger partial charge is 0.396 e. The number of aliphatic carboxylic acids is 1. The fourth-order valence-corrected chi connectivity index (χ4v) is 1.73. The van der Waals surface area contributed by atoms with Gasteiger partial charge in [0.15, 0.2) is 0 Å². The highest BCUT2D eigenvalue weighted by atomic mass is 16.5. The maximum atomic E-state index is 11.3. The molecule has 1 heterocycles. The number of carbonyl (C=O) groups is 3. The van der Waals surface area contributed by atoms with Gasteiger partial charge in [-0.05, 0) is 13.3 Å². The van der Waals surface area contributed by atoms with E-state index in [1.165, 1.54) is 0 Å². The van der Waals surface area contributed by atoms with E-state index in [0.29, 0.717) is 19.5 Å². The molecule has 0 aromatic heterocycles. The zero-order valence-corrected chi connectivity index (χ0v) is 9.64. The molecule has 0 unspecified atom stereocenters. The molecule has 1 amide bonds. The van der Waals surface area contributed by atoms with Crippen LogP contribution in [0, 0.1) is 0 Å². The average Bonchev–Trinajstić information content (AvgIpc) is 2.64. The molecule has 2 N–H and O–H groups in total. The number of esters is 1. The zero-order valence-electron chi connectivity index (χ0n) is 9.64. The predicted molar refractivity (Wildman–Crippen MR) is 57.3 cm³/mol. The number of nitrogens with zero attached hydrogens (tertiary/aromatic N) is 1. The molecule has 1 rings (SSSR count). The van der Waals surface area contributed by atoms with Crippen LogP contribution in [-0.4, -0.2) is 60.1 Å². The van der Waals surface area contributed by atoms with Crippen molar-refractivity contribution >= 4 is 17.8 Å². The van der Waals surface area contributed by atoms with Gasteiger partial charge in [-0.15, -0.1) is 0 Å². The molecule has 0 bridgehead atoms. The van der Waals surface area contributed by atoms with E-state index < -0.39 is 17.8 Å². The zero-order chi connectivity index (χ0) is 12.8. The summed E-state index contributed by atoms with van der Waals surface area (Å²) in [6.07, 6.45) is 0.637. The molecule has 1 fully saturated rings. The van der Waals surface area contributed by atoms with Gasteiger partial charge in [0.05, 0.1) is 13.2 Å². The summed E-state index contributed by atoms with van der Waals surface area (Å²) in [7, 11) is 0. The summed E-state index contributed by atoms with van der Waals surface area (Å²) in [6, 6.07) is -0.189. The predicted octanol–water partition coefficient (Wildman–Crippen LogP) is -1.18. The summed E-state index contributed by atoms with van der Waals surface area (Å²) in [5.41, 5.74) is 0. The van der Waals surface area contributed by atoms with Crippen LogP contribution in [0.25, 0.3) is 0 Å². The number of likely N-dealkylation sites (tertiary alicyclic amines) is 1. The number of carbonyl (C=O) groups excluding carboxylic acids is 2. The van der Waals surface area contributed by atoms with Gasteiger partial charge in [0, 0.05) is 19.1 Å². The van der Waals surface area contributed by atoms with Crippen molar-refractivity contribution < 1.29 is 24.2 Å². The monoisotopic (exact) mass is 244 g/mol. The van der Waals surface area contributed by atoms with E-state index in [9.17, 15) is 14.4 Å². The standard InChI is InChI=1S/C10H16N2O5/c1-2-17-10(16)9(15)11-7-3-4-12(5-7)6-8(13)14/h7H,2-6H2,1H3,(H,11,15)(H,13,14)/t7-/m1/s1. The lowest BCUT2D eigenvalue weighted by molar-refractivity contribution is -0.154. The van der Waals surface area contributed by atoms with Crippen molar-refractivity contribution in [3.8, 4) is 0 Å². The van der Waals surface area contributed by atoms with Crippen LogP contribution in [0.4, 0.5) is 0 Å².